The average Bonchev–Trinajstić information content (AvgIpc) is 2.53. The molecule has 0 saturated carbocycles. The maximum absolute atomic E-state index is 5.62. The lowest BCUT2D eigenvalue weighted by Crippen LogP contribution is -1.95. The minimum Gasteiger partial charge on any atom is -0.399 e. The van der Waals surface area contributed by atoms with E-state index in [2.05, 4.69) is 10.3 Å². The average molecular weight is 195 g/mol. The first-order chi connectivity index (χ1) is 6.25. The van der Waals surface area contributed by atoms with Gasteiger partial charge in [-0.1, -0.05) is 16.8 Å². The van der Waals surface area contributed by atoms with E-state index in [4.69, 9.17) is 17.3 Å². The maximum atomic E-state index is 5.62. The zero-order valence-corrected chi connectivity index (χ0v) is 7.44. The number of hydrogen-bond acceptors (Lipinski definition) is 3. The monoisotopic (exact) mass is 194 g/mol. The molecule has 5 heteroatoms. The van der Waals surface area contributed by atoms with Crippen molar-refractivity contribution in [1.29, 1.82) is 0 Å². The predicted molar refractivity (Wildman–Crippen MR) is 50.8 cm³/mol. The third kappa shape index (κ3) is 1.62. The normalized spacial score (nSPS) is 10.2. The number of anilines is 1. The van der Waals surface area contributed by atoms with E-state index in [-0.39, 0.29) is 0 Å². The van der Waals surface area contributed by atoms with Crippen molar-refractivity contribution in [1.82, 2.24) is 15.0 Å². The molecular formula is C8H7ClN4. The summed E-state index contributed by atoms with van der Waals surface area (Å²) in [5.41, 5.74) is 7.14. The summed E-state index contributed by atoms with van der Waals surface area (Å²) in [4.78, 5) is 0. The number of aromatic nitrogens is 3. The highest BCUT2D eigenvalue weighted by Gasteiger charge is 1.98. The van der Waals surface area contributed by atoms with Crippen LogP contribution >= 0.6 is 11.6 Å². The number of nitrogens with two attached hydrogens (primary N) is 1. The standard InChI is InChI=1S/C8H7ClN4/c9-8-5-13(12-11-8)7-3-1-6(10)2-4-7/h1-5H,10H2. The fourth-order valence-electron chi connectivity index (χ4n) is 0.997. The van der Waals surface area contributed by atoms with Crippen molar-refractivity contribution in [3.05, 3.63) is 35.6 Å². The molecule has 66 valence electrons. The van der Waals surface area contributed by atoms with Gasteiger partial charge in [0.2, 0.25) is 0 Å². The van der Waals surface area contributed by atoms with E-state index in [9.17, 15) is 0 Å². The topological polar surface area (TPSA) is 56.7 Å². The molecule has 0 bridgehead atoms. The predicted octanol–water partition coefficient (Wildman–Crippen LogP) is 1.50. The lowest BCUT2D eigenvalue weighted by molar-refractivity contribution is 0.803. The Morgan fingerprint density at radius 3 is 2.46 bits per heavy atom. The smallest absolute Gasteiger partial charge is 0.171 e. The summed E-state index contributed by atoms with van der Waals surface area (Å²) < 4.78 is 1.59. The van der Waals surface area contributed by atoms with Crippen LogP contribution in [0.4, 0.5) is 5.69 Å². The summed E-state index contributed by atoms with van der Waals surface area (Å²) in [7, 11) is 0. The second-order valence-corrected chi connectivity index (χ2v) is 2.96. The summed E-state index contributed by atoms with van der Waals surface area (Å²) >= 11 is 5.62. The quantitative estimate of drug-likeness (QED) is 0.700. The van der Waals surface area contributed by atoms with Gasteiger partial charge < -0.3 is 5.73 Å². The first-order valence-electron chi connectivity index (χ1n) is 3.69. The van der Waals surface area contributed by atoms with Gasteiger partial charge in [-0.2, -0.15) is 0 Å². The number of nitrogen functional groups attached to an aromatic ring is 1. The van der Waals surface area contributed by atoms with Gasteiger partial charge in [0.05, 0.1) is 11.9 Å². The van der Waals surface area contributed by atoms with Crippen LogP contribution in [0.25, 0.3) is 5.69 Å². The van der Waals surface area contributed by atoms with Crippen molar-refractivity contribution < 1.29 is 0 Å². The summed E-state index contributed by atoms with van der Waals surface area (Å²) in [6.07, 6.45) is 1.63. The molecule has 2 rings (SSSR count). The van der Waals surface area contributed by atoms with Crippen LogP contribution < -0.4 is 5.73 Å². The molecule has 0 aliphatic heterocycles. The molecule has 0 aliphatic carbocycles. The second-order valence-electron chi connectivity index (χ2n) is 2.58. The van der Waals surface area contributed by atoms with Crippen molar-refractivity contribution in [2.75, 3.05) is 5.73 Å². The van der Waals surface area contributed by atoms with E-state index in [0.29, 0.717) is 5.15 Å². The van der Waals surface area contributed by atoms with Crippen LogP contribution in [-0.2, 0) is 0 Å². The number of halogens is 1. The van der Waals surface area contributed by atoms with Crippen molar-refractivity contribution in [2.45, 2.75) is 0 Å². The molecule has 0 aliphatic rings. The van der Waals surface area contributed by atoms with Crippen LogP contribution in [0.2, 0.25) is 5.15 Å². The Kier molecular flexibility index (Phi) is 1.90. The highest BCUT2D eigenvalue weighted by atomic mass is 35.5. The third-order valence-electron chi connectivity index (χ3n) is 1.62. The fraction of sp³-hybridized carbons (Fsp3) is 0. The molecule has 0 fully saturated rings. The highest BCUT2D eigenvalue weighted by molar-refractivity contribution is 6.29. The van der Waals surface area contributed by atoms with Crippen LogP contribution in [0.1, 0.15) is 0 Å². The van der Waals surface area contributed by atoms with Crippen molar-refractivity contribution >= 4 is 17.3 Å². The van der Waals surface area contributed by atoms with Crippen LogP contribution in [0.5, 0.6) is 0 Å². The largest absolute Gasteiger partial charge is 0.399 e. The van der Waals surface area contributed by atoms with Crippen molar-refractivity contribution in [3.8, 4) is 5.69 Å². The minimum absolute atomic E-state index is 0.372. The van der Waals surface area contributed by atoms with E-state index in [1.54, 1.807) is 23.0 Å². The van der Waals surface area contributed by atoms with E-state index in [1.807, 2.05) is 12.1 Å². The van der Waals surface area contributed by atoms with Crippen LogP contribution in [0.3, 0.4) is 0 Å². The first-order valence-corrected chi connectivity index (χ1v) is 4.07. The molecular weight excluding hydrogens is 188 g/mol. The highest BCUT2D eigenvalue weighted by Crippen LogP contribution is 2.11. The maximum Gasteiger partial charge on any atom is 0.171 e. The Hall–Kier alpha value is -1.55. The van der Waals surface area contributed by atoms with Crippen LogP contribution in [0.15, 0.2) is 30.5 Å². The number of benzene rings is 1. The molecule has 1 heterocycles. The third-order valence-corrected chi connectivity index (χ3v) is 1.80. The van der Waals surface area contributed by atoms with E-state index in [0.717, 1.165) is 11.4 Å². The van der Waals surface area contributed by atoms with Gasteiger partial charge in [-0.3, -0.25) is 0 Å². The van der Waals surface area contributed by atoms with Crippen LogP contribution in [-0.4, -0.2) is 15.0 Å². The van der Waals surface area contributed by atoms with E-state index >= 15 is 0 Å². The van der Waals surface area contributed by atoms with Crippen molar-refractivity contribution in [3.63, 3.8) is 0 Å². The molecule has 0 unspecified atom stereocenters. The van der Waals surface area contributed by atoms with Gasteiger partial charge in [0, 0.05) is 5.69 Å². The summed E-state index contributed by atoms with van der Waals surface area (Å²) in [5.74, 6) is 0. The molecule has 4 nitrogen and oxygen atoms in total. The van der Waals surface area contributed by atoms with Gasteiger partial charge in [-0.15, -0.1) is 5.10 Å². The Morgan fingerprint density at radius 1 is 1.23 bits per heavy atom. The summed E-state index contributed by atoms with van der Waals surface area (Å²) in [5, 5.41) is 7.84. The zero-order chi connectivity index (χ0) is 9.26. The van der Waals surface area contributed by atoms with E-state index < -0.39 is 0 Å². The van der Waals surface area contributed by atoms with Gasteiger partial charge in [0.15, 0.2) is 5.15 Å². The number of nitrogens with zero attached hydrogens (tertiary/aromatic N) is 3. The Balaban J connectivity index is 2.41. The van der Waals surface area contributed by atoms with Gasteiger partial charge in [0.25, 0.3) is 0 Å². The molecule has 0 saturated heterocycles. The summed E-state index contributed by atoms with van der Waals surface area (Å²) in [6.45, 7) is 0. The van der Waals surface area contributed by atoms with Crippen LogP contribution in [0, 0.1) is 0 Å². The zero-order valence-electron chi connectivity index (χ0n) is 6.68. The van der Waals surface area contributed by atoms with Gasteiger partial charge in [0.1, 0.15) is 0 Å². The Morgan fingerprint density at radius 2 is 1.92 bits per heavy atom. The Bertz CT molecular complexity index is 406. The SMILES string of the molecule is Nc1ccc(-n2cc(Cl)nn2)cc1. The molecule has 2 N–H and O–H groups in total. The molecule has 0 radical (unpaired) electrons. The molecule has 1 aromatic heterocycles. The lowest BCUT2D eigenvalue weighted by Gasteiger charge is -1.98. The van der Waals surface area contributed by atoms with Gasteiger partial charge in [-0.25, -0.2) is 4.68 Å². The van der Waals surface area contributed by atoms with Gasteiger partial charge in [-0.05, 0) is 24.3 Å². The minimum atomic E-state index is 0.372. The molecule has 2 aromatic rings. The first kappa shape index (κ1) is 8.07. The molecule has 13 heavy (non-hydrogen) atoms. The second kappa shape index (κ2) is 3.06. The van der Waals surface area contributed by atoms with Gasteiger partial charge >= 0.3 is 0 Å². The molecule has 0 amide bonds. The Labute approximate surface area is 79.9 Å². The summed E-state index contributed by atoms with van der Waals surface area (Å²) in [6, 6.07) is 7.29. The van der Waals surface area contributed by atoms with Crippen molar-refractivity contribution in [2.24, 2.45) is 0 Å². The number of rotatable bonds is 1. The molecule has 0 atom stereocenters. The van der Waals surface area contributed by atoms with E-state index in [1.165, 1.54) is 0 Å². The molecule has 1 aromatic carbocycles. The number of hydrogen-bond donors (Lipinski definition) is 1. The fourth-order valence-corrected chi connectivity index (χ4v) is 1.12. The lowest BCUT2D eigenvalue weighted by atomic mass is 10.3. The molecule has 0 spiro atoms.